The SMILES string of the molecule is CC(C)c1nc(CCCOC(N)=O)n(CCCc2ccncc2)c1Sc1cc(F)cc(F)c1. The van der Waals surface area contributed by atoms with Crippen LogP contribution in [-0.2, 0) is 24.1 Å². The van der Waals surface area contributed by atoms with Gasteiger partial charge in [0.15, 0.2) is 0 Å². The summed E-state index contributed by atoms with van der Waals surface area (Å²) in [4.78, 5) is 20.3. The number of benzene rings is 1. The third-order valence-corrected chi connectivity index (χ3v) is 6.10. The summed E-state index contributed by atoms with van der Waals surface area (Å²) >= 11 is 1.31. The van der Waals surface area contributed by atoms with E-state index in [4.69, 9.17) is 15.5 Å². The molecule has 0 saturated carbocycles. The molecule has 0 aliphatic carbocycles. The molecule has 3 aromatic rings. The second-order valence-corrected chi connectivity index (χ2v) is 9.02. The van der Waals surface area contributed by atoms with Crippen molar-refractivity contribution in [1.82, 2.24) is 14.5 Å². The number of carbonyl (C=O) groups excluding carboxylic acids is 1. The Kier molecular flexibility index (Phi) is 8.82. The molecule has 3 rings (SSSR count). The van der Waals surface area contributed by atoms with Gasteiger partial charge in [-0.1, -0.05) is 25.6 Å². The molecule has 1 aromatic carbocycles. The van der Waals surface area contributed by atoms with E-state index in [0.29, 0.717) is 24.3 Å². The Morgan fingerprint density at radius 1 is 1.12 bits per heavy atom. The number of nitrogens with two attached hydrogens (primary N) is 1. The van der Waals surface area contributed by atoms with Crippen molar-refractivity contribution in [2.45, 2.75) is 61.9 Å². The molecule has 1 amide bonds. The van der Waals surface area contributed by atoms with Gasteiger partial charge in [-0.2, -0.15) is 0 Å². The first-order chi connectivity index (χ1) is 15.8. The van der Waals surface area contributed by atoms with Crippen molar-refractivity contribution in [1.29, 1.82) is 0 Å². The van der Waals surface area contributed by atoms with E-state index in [1.807, 2.05) is 26.0 Å². The van der Waals surface area contributed by atoms with Crippen LogP contribution in [0, 0.1) is 11.6 Å². The molecule has 0 aliphatic rings. The molecule has 0 radical (unpaired) electrons. The summed E-state index contributed by atoms with van der Waals surface area (Å²) in [5, 5.41) is 0.871. The van der Waals surface area contributed by atoms with Crippen molar-refractivity contribution in [2.24, 2.45) is 5.73 Å². The number of halogens is 2. The molecule has 0 saturated heterocycles. The van der Waals surface area contributed by atoms with E-state index in [0.717, 1.165) is 35.5 Å². The number of nitrogens with zero attached hydrogens (tertiary/aromatic N) is 3. The third kappa shape index (κ3) is 7.28. The fraction of sp³-hybridized carbons (Fsp3) is 0.375. The van der Waals surface area contributed by atoms with E-state index in [2.05, 4.69) is 9.55 Å². The second kappa shape index (κ2) is 11.8. The van der Waals surface area contributed by atoms with E-state index in [9.17, 15) is 13.6 Å². The summed E-state index contributed by atoms with van der Waals surface area (Å²) in [6.07, 6.45) is 5.61. The fourth-order valence-electron chi connectivity index (χ4n) is 3.50. The average molecular weight is 475 g/mol. The van der Waals surface area contributed by atoms with Crippen molar-refractivity contribution < 1.29 is 18.3 Å². The second-order valence-electron chi connectivity index (χ2n) is 7.96. The lowest BCUT2D eigenvalue weighted by Gasteiger charge is -2.14. The highest BCUT2D eigenvalue weighted by Crippen LogP contribution is 2.36. The molecule has 2 N–H and O–H groups in total. The lowest BCUT2D eigenvalue weighted by atomic mass is 10.1. The summed E-state index contributed by atoms with van der Waals surface area (Å²) < 4.78 is 34.6. The van der Waals surface area contributed by atoms with E-state index < -0.39 is 17.7 Å². The van der Waals surface area contributed by atoms with Crippen molar-refractivity contribution in [3.63, 3.8) is 0 Å². The molecule has 6 nitrogen and oxygen atoms in total. The van der Waals surface area contributed by atoms with Crippen LogP contribution in [0.3, 0.4) is 0 Å². The van der Waals surface area contributed by atoms with Crippen molar-refractivity contribution >= 4 is 17.9 Å². The van der Waals surface area contributed by atoms with Crippen LogP contribution in [0.15, 0.2) is 52.6 Å². The standard InChI is InChI=1S/C24H28F2N4O2S/c1-16(2)22-23(33-20-14-18(25)13-19(26)15-20)30(11-3-5-17-7-9-28-10-8-17)21(29-22)6-4-12-32-24(27)31/h7-10,13-16H,3-6,11-12H2,1-2H3,(H2,27,31). The van der Waals surface area contributed by atoms with Gasteiger partial charge in [0.2, 0.25) is 0 Å². The minimum absolute atomic E-state index is 0.118. The number of amides is 1. The van der Waals surface area contributed by atoms with Gasteiger partial charge < -0.3 is 15.0 Å². The topological polar surface area (TPSA) is 83.0 Å². The number of ether oxygens (including phenoxy) is 1. The van der Waals surface area contributed by atoms with E-state index in [-0.39, 0.29) is 12.5 Å². The van der Waals surface area contributed by atoms with Gasteiger partial charge in [-0.25, -0.2) is 18.6 Å². The first-order valence-electron chi connectivity index (χ1n) is 10.9. The van der Waals surface area contributed by atoms with Gasteiger partial charge in [-0.05, 0) is 55.0 Å². The molecule has 9 heteroatoms. The number of hydrogen-bond acceptors (Lipinski definition) is 5. The highest BCUT2D eigenvalue weighted by atomic mass is 32.2. The lowest BCUT2D eigenvalue weighted by Crippen LogP contribution is -2.14. The third-order valence-electron chi connectivity index (χ3n) is 5.01. The highest BCUT2D eigenvalue weighted by molar-refractivity contribution is 7.99. The number of primary amides is 1. The van der Waals surface area contributed by atoms with Crippen LogP contribution in [0.2, 0.25) is 0 Å². The van der Waals surface area contributed by atoms with Crippen LogP contribution in [0.25, 0.3) is 0 Å². The van der Waals surface area contributed by atoms with Gasteiger partial charge in [0.05, 0.1) is 12.3 Å². The zero-order valence-electron chi connectivity index (χ0n) is 18.8. The Hall–Kier alpha value is -2.94. The normalized spacial score (nSPS) is 11.2. The Labute approximate surface area is 196 Å². The Morgan fingerprint density at radius 3 is 2.45 bits per heavy atom. The number of aryl methyl sites for hydroxylation is 2. The van der Waals surface area contributed by atoms with Gasteiger partial charge in [0, 0.05) is 36.3 Å². The number of pyridine rings is 1. The summed E-state index contributed by atoms with van der Waals surface area (Å²) in [5.41, 5.74) is 7.11. The predicted octanol–water partition coefficient (Wildman–Crippen LogP) is 5.49. The zero-order chi connectivity index (χ0) is 23.8. The van der Waals surface area contributed by atoms with Crippen LogP contribution >= 0.6 is 11.8 Å². The van der Waals surface area contributed by atoms with Crippen molar-refractivity contribution in [3.05, 3.63) is 71.4 Å². The van der Waals surface area contributed by atoms with E-state index in [1.54, 1.807) is 12.4 Å². The van der Waals surface area contributed by atoms with Gasteiger partial charge >= 0.3 is 6.09 Å². The minimum atomic E-state index is -0.803. The van der Waals surface area contributed by atoms with Gasteiger partial charge in [0.1, 0.15) is 22.5 Å². The maximum Gasteiger partial charge on any atom is 0.404 e. The van der Waals surface area contributed by atoms with Crippen LogP contribution in [0.4, 0.5) is 13.6 Å². The zero-order valence-corrected chi connectivity index (χ0v) is 19.6. The Balaban J connectivity index is 1.88. The molecule has 0 spiro atoms. The molecule has 0 bridgehead atoms. The molecule has 0 atom stereocenters. The van der Waals surface area contributed by atoms with Crippen LogP contribution < -0.4 is 5.73 Å². The quantitative estimate of drug-likeness (QED) is 0.372. The van der Waals surface area contributed by atoms with Crippen molar-refractivity contribution in [2.75, 3.05) is 6.61 Å². The highest BCUT2D eigenvalue weighted by Gasteiger charge is 2.21. The largest absolute Gasteiger partial charge is 0.450 e. The first kappa shape index (κ1) is 24.7. The predicted molar refractivity (Wildman–Crippen MR) is 123 cm³/mol. The molecular weight excluding hydrogens is 446 g/mol. The minimum Gasteiger partial charge on any atom is -0.450 e. The van der Waals surface area contributed by atoms with Crippen LogP contribution in [-0.4, -0.2) is 27.2 Å². The Bertz CT molecular complexity index is 1050. The van der Waals surface area contributed by atoms with Crippen LogP contribution in [0.1, 0.15) is 49.7 Å². The maximum absolute atomic E-state index is 13.8. The van der Waals surface area contributed by atoms with Gasteiger partial charge in [0.25, 0.3) is 0 Å². The van der Waals surface area contributed by atoms with Crippen molar-refractivity contribution in [3.8, 4) is 0 Å². The molecule has 2 aromatic heterocycles. The number of hydrogen-bond donors (Lipinski definition) is 1. The summed E-state index contributed by atoms with van der Waals surface area (Å²) in [7, 11) is 0. The monoisotopic (exact) mass is 474 g/mol. The molecule has 33 heavy (non-hydrogen) atoms. The number of rotatable bonds is 11. The Morgan fingerprint density at radius 2 is 1.82 bits per heavy atom. The van der Waals surface area contributed by atoms with Gasteiger partial charge in [-0.15, -0.1) is 0 Å². The number of imidazole rings is 1. The first-order valence-corrected chi connectivity index (χ1v) is 11.7. The molecular formula is C24H28F2N4O2S. The van der Waals surface area contributed by atoms with Gasteiger partial charge in [-0.3, -0.25) is 4.98 Å². The molecule has 2 heterocycles. The fourth-order valence-corrected chi connectivity index (χ4v) is 4.76. The van der Waals surface area contributed by atoms with E-state index in [1.165, 1.54) is 29.5 Å². The number of carbonyl (C=O) groups is 1. The summed E-state index contributed by atoms with van der Waals surface area (Å²) in [5.74, 6) is -0.263. The maximum atomic E-state index is 13.8. The molecule has 0 aliphatic heterocycles. The summed E-state index contributed by atoms with van der Waals surface area (Å²) in [6.45, 7) is 4.97. The molecule has 0 fully saturated rings. The summed E-state index contributed by atoms with van der Waals surface area (Å²) in [6, 6.07) is 7.49. The molecule has 176 valence electrons. The lowest BCUT2D eigenvalue weighted by molar-refractivity contribution is 0.155. The average Bonchev–Trinajstić information content (AvgIpc) is 3.08. The van der Waals surface area contributed by atoms with Crippen LogP contribution in [0.5, 0.6) is 0 Å². The number of aromatic nitrogens is 3. The smallest absolute Gasteiger partial charge is 0.404 e. The molecule has 0 unspecified atom stereocenters. The van der Waals surface area contributed by atoms with E-state index >= 15 is 0 Å².